The van der Waals surface area contributed by atoms with Gasteiger partial charge in [0, 0.05) is 5.41 Å². The molecule has 0 radical (unpaired) electrons. The number of aryl methyl sites for hydroxylation is 1. The van der Waals surface area contributed by atoms with Gasteiger partial charge in [-0.3, -0.25) is 0 Å². The summed E-state index contributed by atoms with van der Waals surface area (Å²) in [5.74, 6) is 0. The van der Waals surface area contributed by atoms with E-state index in [1.54, 1.807) is 0 Å². The molecule has 0 saturated heterocycles. The first kappa shape index (κ1) is 20.9. The lowest BCUT2D eigenvalue weighted by molar-refractivity contribution is 0.478. The summed E-state index contributed by atoms with van der Waals surface area (Å²) >= 11 is 0. The SMILES string of the molecule is C=C1c2ccccc2-c2ccc(C(CC)(CC)c3ccc4c(c3)C(=C)c3cc(C)ccc3-4)cc21. The van der Waals surface area contributed by atoms with Crippen LogP contribution in [0.4, 0.5) is 0 Å². The van der Waals surface area contributed by atoms with Crippen molar-refractivity contribution in [3.8, 4) is 22.3 Å². The van der Waals surface area contributed by atoms with Gasteiger partial charge in [-0.1, -0.05) is 99.3 Å². The molecule has 0 N–H and O–H groups in total. The zero-order chi connectivity index (χ0) is 23.6. The summed E-state index contributed by atoms with van der Waals surface area (Å²) in [6, 6.07) is 29.5. The lowest BCUT2D eigenvalue weighted by atomic mass is 9.69. The van der Waals surface area contributed by atoms with Crippen molar-refractivity contribution in [3.05, 3.63) is 131 Å². The Morgan fingerprint density at radius 2 is 0.971 bits per heavy atom. The third-order valence-electron chi connectivity index (χ3n) is 8.33. The highest BCUT2D eigenvalue weighted by molar-refractivity contribution is 6.01. The van der Waals surface area contributed by atoms with Gasteiger partial charge in [0.1, 0.15) is 0 Å². The van der Waals surface area contributed by atoms with Crippen LogP contribution in [0.2, 0.25) is 0 Å². The lowest BCUT2D eigenvalue weighted by Crippen LogP contribution is -2.26. The van der Waals surface area contributed by atoms with Crippen LogP contribution in [0.25, 0.3) is 33.4 Å². The average Bonchev–Trinajstić information content (AvgIpc) is 3.31. The second-order valence-corrected chi connectivity index (χ2v) is 9.86. The summed E-state index contributed by atoms with van der Waals surface area (Å²) in [5, 5.41) is 0. The second-order valence-electron chi connectivity index (χ2n) is 9.86. The molecule has 4 aromatic rings. The minimum atomic E-state index is -0.0515. The van der Waals surface area contributed by atoms with Crippen LogP contribution >= 0.6 is 0 Å². The van der Waals surface area contributed by atoms with Gasteiger partial charge in [-0.05, 0) is 98.7 Å². The van der Waals surface area contributed by atoms with E-state index < -0.39 is 0 Å². The molecule has 0 fully saturated rings. The van der Waals surface area contributed by atoms with E-state index in [0.29, 0.717) is 0 Å². The molecule has 0 amide bonds. The molecule has 0 heteroatoms. The van der Waals surface area contributed by atoms with E-state index in [-0.39, 0.29) is 5.41 Å². The van der Waals surface area contributed by atoms with Crippen molar-refractivity contribution in [1.82, 2.24) is 0 Å². The van der Waals surface area contributed by atoms with Crippen molar-refractivity contribution in [1.29, 1.82) is 0 Å². The van der Waals surface area contributed by atoms with E-state index in [1.165, 1.54) is 61.2 Å². The van der Waals surface area contributed by atoms with Gasteiger partial charge < -0.3 is 0 Å². The highest BCUT2D eigenvalue weighted by Gasteiger charge is 2.34. The first-order chi connectivity index (χ1) is 16.5. The molecule has 34 heavy (non-hydrogen) atoms. The Labute approximate surface area is 203 Å². The Balaban J connectivity index is 1.49. The van der Waals surface area contributed by atoms with Crippen molar-refractivity contribution in [2.24, 2.45) is 0 Å². The number of hydrogen-bond acceptors (Lipinski definition) is 0. The Hall–Kier alpha value is -3.64. The Morgan fingerprint density at radius 1 is 0.529 bits per heavy atom. The molecule has 0 bridgehead atoms. The second kappa shape index (κ2) is 7.43. The van der Waals surface area contributed by atoms with Crippen molar-refractivity contribution in [2.75, 3.05) is 0 Å². The number of fused-ring (bicyclic) bond motifs is 6. The molecule has 0 spiro atoms. The molecule has 4 aromatic carbocycles. The maximum atomic E-state index is 4.49. The molecule has 166 valence electrons. The van der Waals surface area contributed by atoms with Gasteiger partial charge in [0.25, 0.3) is 0 Å². The van der Waals surface area contributed by atoms with Crippen LogP contribution in [0.3, 0.4) is 0 Å². The molecule has 6 rings (SSSR count). The third kappa shape index (κ3) is 2.72. The van der Waals surface area contributed by atoms with Crippen LogP contribution in [0.5, 0.6) is 0 Å². The van der Waals surface area contributed by atoms with Gasteiger partial charge in [0.2, 0.25) is 0 Å². The topological polar surface area (TPSA) is 0 Å². The largest absolute Gasteiger partial charge is 0.0905 e. The highest BCUT2D eigenvalue weighted by Crippen LogP contribution is 2.49. The van der Waals surface area contributed by atoms with Crippen LogP contribution in [0, 0.1) is 6.92 Å². The standard InChI is InChI=1S/C34H30/c1-6-34(7-2,24-13-16-29-27-11-9-8-10-26(27)22(4)32(29)19-24)25-14-17-30-28-15-12-21(3)18-31(28)23(5)33(30)20-25/h8-20H,4-7H2,1-3H3. The van der Waals surface area contributed by atoms with Gasteiger partial charge >= 0.3 is 0 Å². The van der Waals surface area contributed by atoms with Crippen molar-refractivity contribution in [2.45, 2.75) is 39.0 Å². The molecule has 0 aromatic heterocycles. The van der Waals surface area contributed by atoms with Gasteiger partial charge in [0.05, 0.1) is 0 Å². The minimum Gasteiger partial charge on any atom is -0.0905 e. The maximum absolute atomic E-state index is 4.49. The van der Waals surface area contributed by atoms with E-state index in [1.807, 2.05) is 0 Å². The normalized spacial score (nSPS) is 13.5. The maximum Gasteiger partial charge on any atom is 0.0198 e. The first-order valence-corrected chi connectivity index (χ1v) is 12.4. The van der Waals surface area contributed by atoms with Crippen LogP contribution < -0.4 is 0 Å². The zero-order valence-corrected chi connectivity index (χ0v) is 20.3. The van der Waals surface area contributed by atoms with Crippen LogP contribution in [-0.4, -0.2) is 0 Å². The van der Waals surface area contributed by atoms with E-state index >= 15 is 0 Å². The molecular weight excluding hydrogens is 408 g/mol. The van der Waals surface area contributed by atoms with Gasteiger partial charge in [0.15, 0.2) is 0 Å². The Kier molecular flexibility index (Phi) is 4.58. The summed E-state index contributed by atoms with van der Waals surface area (Å²) in [6.45, 7) is 15.7. The van der Waals surface area contributed by atoms with Crippen molar-refractivity contribution in [3.63, 3.8) is 0 Å². The minimum absolute atomic E-state index is 0.0515. The smallest absolute Gasteiger partial charge is 0.0198 e. The molecule has 2 aliphatic rings. The van der Waals surface area contributed by atoms with E-state index in [9.17, 15) is 0 Å². The van der Waals surface area contributed by atoms with Crippen LogP contribution in [0.15, 0.2) is 92.0 Å². The van der Waals surface area contributed by atoms with Gasteiger partial charge in [-0.15, -0.1) is 0 Å². The number of rotatable bonds is 4. The molecule has 0 aliphatic heterocycles. The molecule has 0 saturated carbocycles. The van der Waals surface area contributed by atoms with Crippen molar-refractivity contribution >= 4 is 11.1 Å². The summed E-state index contributed by atoms with van der Waals surface area (Å²) in [7, 11) is 0. The van der Waals surface area contributed by atoms with E-state index in [2.05, 4.69) is 113 Å². The number of hydrogen-bond donors (Lipinski definition) is 0. The molecule has 0 nitrogen and oxygen atoms in total. The Bertz CT molecular complexity index is 1510. The summed E-state index contributed by atoms with van der Waals surface area (Å²) < 4.78 is 0. The molecular formula is C34H30. The third-order valence-corrected chi connectivity index (χ3v) is 8.33. The summed E-state index contributed by atoms with van der Waals surface area (Å²) in [5.41, 5.74) is 16.6. The monoisotopic (exact) mass is 438 g/mol. The summed E-state index contributed by atoms with van der Waals surface area (Å²) in [4.78, 5) is 0. The van der Waals surface area contributed by atoms with E-state index in [4.69, 9.17) is 0 Å². The average molecular weight is 439 g/mol. The van der Waals surface area contributed by atoms with Crippen molar-refractivity contribution < 1.29 is 0 Å². The quantitative estimate of drug-likeness (QED) is 0.257. The van der Waals surface area contributed by atoms with Gasteiger partial charge in [-0.2, -0.15) is 0 Å². The molecule has 0 atom stereocenters. The lowest BCUT2D eigenvalue weighted by Gasteiger charge is -2.34. The van der Waals surface area contributed by atoms with Gasteiger partial charge in [-0.25, -0.2) is 0 Å². The zero-order valence-electron chi connectivity index (χ0n) is 20.3. The van der Waals surface area contributed by atoms with Crippen LogP contribution in [-0.2, 0) is 5.41 Å². The fourth-order valence-corrected chi connectivity index (χ4v) is 6.30. The fraction of sp³-hybridized carbons (Fsp3) is 0.176. The first-order valence-electron chi connectivity index (χ1n) is 12.4. The molecule has 0 heterocycles. The highest BCUT2D eigenvalue weighted by atomic mass is 14.4. The Morgan fingerprint density at radius 3 is 1.53 bits per heavy atom. The van der Waals surface area contributed by atoms with Crippen LogP contribution in [0.1, 0.15) is 65.6 Å². The molecule has 2 aliphatic carbocycles. The predicted molar refractivity (Wildman–Crippen MR) is 146 cm³/mol. The van der Waals surface area contributed by atoms with E-state index in [0.717, 1.165) is 24.0 Å². The fourth-order valence-electron chi connectivity index (χ4n) is 6.30. The predicted octanol–water partition coefficient (Wildman–Crippen LogP) is 9.18. The molecule has 0 unspecified atom stereocenters. The number of benzene rings is 4. The summed E-state index contributed by atoms with van der Waals surface area (Å²) in [6.07, 6.45) is 2.08.